The van der Waals surface area contributed by atoms with Crippen LogP contribution in [0.4, 0.5) is 0 Å². The molecule has 4 nitrogen and oxygen atoms in total. The second-order valence-electron chi connectivity index (χ2n) is 4.04. The molecule has 0 radical (unpaired) electrons. The number of ether oxygens (including phenoxy) is 1. The van der Waals surface area contributed by atoms with Gasteiger partial charge in [-0.05, 0) is 19.3 Å². The Labute approximate surface area is 90.6 Å². The molecule has 0 bridgehead atoms. The lowest BCUT2D eigenvalue weighted by Crippen LogP contribution is -2.28. The molecule has 1 atom stereocenters. The number of hydrogen-bond acceptors (Lipinski definition) is 3. The van der Waals surface area contributed by atoms with Crippen molar-refractivity contribution in [2.24, 2.45) is 5.92 Å². The minimum atomic E-state index is -0.280. The first-order chi connectivity index (χ1) is 7.13. The van der Waals surface area contributed by atoms with Gasteiger partial charge in [-0.1, -0.05) is 6.92 Å². The van der Waals surface area contributed by atoms with Crippen molar-refractivity contribution in [1.82, 2.24) is 4.90 Å². The maximum atomic E-state index is 11.6. The Morgan fingerprint density at radius 2 is 2.13 bits per heavy atom. The molecule has 0 spiro atoms. The van der Waals surface area contributed by atoms with Gasteiger partial charge in [0, 0.05) is 19.5 Å². The molecule has 1 unspecified atom stereocenters. The fraction of sp³-hybridized carbons (Fsp3) is 0.818. The monoisotopic (exact) mass is 213 g/mol. The van der Waals surface area contributed by atoms with E-state index in [4.69, 9.17) is 4.74 Å². The first-order valence-corrected chi connectivity index (χ1v) is 5.57. The van der Waals surface area contributed by atoms with Gasteiger partial charge in [-0.2, -0.15) is 0 Å². The number of hydrogen-bond donors (Lipinski definition) is 0. The summed E-state index contributed by atoms with van der Waals surface area (Å²) in [5, 5.41) is 0. The molecular weight excluding hydrogens is 194 g/mol. The summed E-state index contributed by atoms with van der Waals surface area (Å²) in [6.45, 7) is 5.96. The Balaban J connectivity index is 2.21. The van der Waals surface area contributed by atoms with Gasteiger partial charge in [-0.15, -0.1) is 0 Å². The molecule has 15 heavy (non-hydrogen) atoms. The number of rotatable bonds is 4. The lowest BCUT2D eigenvalue weighted by atomic mass is 10.2. The quantitative estimate of drug-likeness (QED) is 0.659. The molecule has 1 fully saturated rings. The highest BCUT2D eigenvalue weighted by atomic mass is 16.5. The molecule has 1 amide bonds. The first-order valence-electron chi connectivity index (χ1n) is 5.57. The Bertz CT molecular complexity index is 240. The molecule has 86 valence electrons. The van der Waals surface area contributed by atoms with Crippen molar-refractivity contribution in [3.05, 3.63) is 0 Å². The molecule has 1 aliphatic rings. The third kappa shape index (κ3) is 3.90. The van der Waals surface area contributed by atoms with Crippen molar-refractivity contribution in [3.8, 4) is 0 Å². The van der Waals surface area contributed by atoms with Crippen LogP contribution in [0.3, 0.4) is 0 Å². The van der Waals surface area contributed by atoms with Gasteiger partial charge in [-0.25, -0.2) is 0 Å². The zero-order chi connectivity index (χ0) is 11.3. The Morgan fingerprint density at radius 3 is 2.67 bits per heavy atom. The first kappa shape index (κ1) is 12.0. The van der Waals surface area contributed by atoms with Crippen molar-refractivity contribution < 1.29 is 14.3 Å². The summed E-state index contributed by atoms with van der Waals surface area (Å²) in [4.78, 5) is 24.5. The summed E-state index contributed by atoms with van der Waals surface area (Å²) < 4.78 is 4.77. The van der Waals surface area contributed by atoms with Gasteiger partial charge in [0.1, 0.15) is 0 Å². The van der Waals surface area contributed by atoms with Crippen LogP contribution in [0.1, 0.15) is 33.1 Å². The van der Waals surface area contributed by atoms with Crippen molar-refractivity contribution >= 4 is 11.9 Å². The average Bonchev–Trinajstić information content (AvgIpc) is 2.62. The Morgan fingerprint density at radius 1 is 1.40 bits per heavy atom. The maximum absolute atomic E-state index is 11.6. The third-order valence-corrected chi connectivity index (χ3v) is 2.62. The van der Waals surface area contributed by atoms with Gasteiger partial charge < -0.3 is 9.64 Å². The van der Waals surface area contributed by atoms with Crippen molar-refractivity contribution in [2.75, 3.05) is 19.7 Å². The molecular formula is C11H19NO3. The van der Waals surface area contributed by atoms with E-state index in [0.29, 0.717) is 12.5 Å². The lowest BCUT2D eigenvalue weighted by molar-refractivity contribution is -0.145. The normalized spacial score (nSPS) is 20.4. The van der Waals surface area contributed by atoms with Crippen LogP contribution in [0.15, 0.2) is 0 Å². The summed E-state index contributed by atoms with van der Waals surface area (Å²) in [6, 6.07) is 0. The Hall–Kier alpha value is -1.06. The molecule has 0 aromatic rings. The van der Waals surface area contributed by atoms with Crippen molar-refractivity contribution in [1.29, 1.82) is 0 Å². The molecule has 0 aromatic heterocycles. The number of esters is 1. The second-order valence-corrected chi connectivity index (χ2v) is 4.04. The van der Waals surface area contributed by atoms with Gasteiger partial charge >= 0.3 is 5.97 Å². The lowest BCUT2D eigenvalue weighted by Gasteiger charge is -2.15. The SMILES string of the molecule is CCOC(=O)CCC(=O)N1CCC(C)C1. The third-order valence-electron chi connectivity index (χ3n) is 2.62. The smallest absolute Gasteiger partial charge is 0.306 e. The number of nitrogens with zero attached hydrogens (tertiary/aromatic N) is 1. The number of carbonyl (C=O) groups is 2. The number of likely N-dealkylation sites (tertiary alicyclic amines) is 1. The highest BCUT2D eigenvalue weighted by molar-refractivity contribution is 5.81. The predicted octanol–water partition coefficient (Wildman–Crippen LogP) is 1.20. The molecule has 1 heterocycles. The molecule has 1 saturated heterocycles. The van der Waals surface area contributed by atoms with Crippen molar-refractivity contribution in [3.63, 3.8) is 0 Å². The summed E-state index contributed by atoms with van der Waals surface area (Å²) >= 11 is 0. The Kier molecular flexibility index (Phi) is 4.59. The highest BCUT2D eigenvalue weighted by Crippen LogP contribution is 2.16. The number of carbonyl (C=O) groups excluding carboxylic acids is 2. The van der Waals surface area contributed by atoms with Crippen LogP contribution in [0.25, 0.3) is 0 Å². The minimum Gasteiger partial charge on any atom is -0.466 e. The minimum absolute atomic E-state index is 0.0763. The molecule has 0 aliphatic carbocycles. The van der Waals surface area contributed by atoms with E-state index in [2.05, 4.69) is 6.92 Å². The summed E-state index contributed by atoms with van der Waals surface area (Å²) in [6.07, 6.45) is 1.56. The van der Waals surface area contributed by atoms with Crippen LogP contribution in [0, 0.1) is 5.92 Å². The van der Waals surface area contributed by atoms with E-state index in [1.807, 2.05) is 4.90 Å². The van der Waals surface area contributed by atoms with Crippen LogP contribution >= 0.6 is 0 Å². The van der Waals surface area contributed by atoms with Gasteiger partial charge in [0.2, 0.25) is 5.91 Å². The van der Waals surface area contributed by atoms with E-state index in [-0.39, 0.29) is 24.7 Å². The molecule has 1 aliphatic heterocycles. The van der Waals surface area contributed by atoms with Gasteiger partial charge in [0.25, 0.3) is 0 Å². The van der Waals surface area contributed by atoms with Crippen LogP contribution in [0.5, 0.6) is 0 Å². The second kappa shape index (κ2) is 5.73. The topological polar surface area (TPSA) is 46.6 Å². The molecule has 4 heteroatoms. The van der Waals surface area contributed by atoms with Crippen LogP contribution < -0.4 is 0 Å². The zero-order valence-corrected chi connectivity index (χ0v) is 9.49. The molecule has 1 rings (SSSR count). The summed E-state index contributed by atoms with van der Waals surface area (Å²) in [7, 11) is 0. The van der Waals surface area contributed by atoms with E-state index in [1.165, 1.54) is 0 Å². The van der Waals surface area contributed by atoms with E-state index in [0.717, 1.165) is 19.5 Å². The zero-order valence-electron chi connectivity index (χ0n) is 9.49. The van der Waals surface area contributed by atoms with Gasteiger partial charge in [0.05, 0.1) is 13.0 Å². The average molecular weight is 213 g/mol. The number of amides is 1. The standard InChI is InChI=1S/C11H19NO3/c1-3-15-11(14)5-4-10(13)12-7-6-9(2)8-12/h9H,3-8H2,1-2H3. The van der Waals surface area contributed by atoms with Gasteiger partial charge in [0.15, 0.2) is 0 Å². The van der Waals surface area contributed by atoms with E-state index in [9.17, 15) is 9.59 Å². The van der Waals surface area contributed by atoms with Crippen LogP contribution in [-0.2, 0) is 14.3 Å². The van der Waals surface area contributed by atoms with Crippen LogP contribution in [-0.4, -0.2) is 36.5 Å². The molecule has 0 aromatic carbocycles. The predicted molar refractivity (Wildman–Crippen MR) is 56.2 cm³/mol. The fourth-order valence-corrected chi connectivity index (χ4v) is 1.76. The van der Waals surface area contributed by atoms with E-state index < -0.39 is 0 Å². The van der Waals surface area contributed by atoms with Gasteiger partial charge in [-0.3, -0.25) is 9.59 Å². The maximum Gasteiger partial charge on any atom is 0.306 e. The molecule has 0 saturated carbocycles. The van der Waals surface area contributed by atoms with Crippen LogP contribution in [0.2, 0.25) is 0 Å². The fourth-order valence-electron chi connectivity index (χ4n) is 1.76. The summed E-state index contributed by atoms with van der Waals surface area (Å²) in [5.41, 5.74) is 0. The molecule has 0 N–H and O–H groups in total. The van der Waals surface area contributed by atoms with E-state index >= 15 is 0 Å². The van der Waals surface area contributed by atoms with E-state index in [1.54, 1.807) is 6.92 Å². The van der Waals surface area contributed by atoms with Crippen molar-refractivity contribution in [2.45, 2.75) is 33.1 Å². The highest BCUT2D eigenvalue weighted by Gasteiger charge is 2.23. The summed E-state index contributed by atoms with van der Waals surface area (Å²) in [5.74, 6) is 0.391. The largest absolute Gasteiger partial charge is 0.466 e.